The molecule has 0 atom stereocenters. The molecular formula is C9H13N5O. The molecule has 6 nitrogen and oxygen atoms in total. The first-order valence-electron chi connectivity index (χ1n) is 4.68. The zero-order valence-corrected chi connectivity index (χ0v) is 8.79. The number of hydrogen-bond acceptors (Lipinski definition) is 4. The van der Waals surface area contributed by atoms with Crippen LogP contribution in [0.15, 0.2) is 18.6 Å². The van der Waals surface area contributed by atoms with Gasteiger partial charge in [0.1, 0.15) is 12.0 Å². The van der Waals surface area contributed by atoms with Gasteiger partial charge in [-0.3, -0.25) is 4.68 Å². The molecule has 0 bridgehead atoms. The van der Waals surface area contributed by atoms with E-state index in [0.29, 0.717) is 6.61 Å². The summed E-state index contributed by atoms with van der Waals surface area (Å²) in [4.78, 5) is 0. The largest absolute Gasteiger partial charge is 0.383 e. The first-order valence-corrected chi connectivity index (χ1v) is 4.68. The van der Waals surface area contributed by atoms with E-state index in [2.05, 4.69) is 15.3 Å². The lowest BCUT2D eigenvalue weighted by Crippen LogP contribution is -2.06. The van der Waals surface area contributed by atoms with Crippen LogP contribution in [-0.2, 0) is 18.3 Å². The van der Waals surface area contributed by atoms with Gasteiger partial charge in [0.05, 0.1) is 6.61 Å². The van der Waals surface area contributed by atoms with E-state index in [4.69, 9.17) is 4.74 Å². The maximum Gasteiger partial charge on any atom is 0.182 e. The molecule has 0 saturated carbocycles. The fourth-order valence-corrected chi connectivity index (χ4v) is 1.40. The molecule has 15 heavy (non-hydrogen) atoms. The smallest absolute Gasteiger partial charge is 0.182 e. The predicted molar refractivity (Wildman–Crippen MR) is 54.1 cm³/mol. The third-order valence-corrected chi connectivity index (χ3v) is 2.20. The van der Waals surface area contributed by atoms with Crippen molar-refractivity contribution in [2.45, 2.75) is 6.54 Å². The van der Waals surface area contributed by atoms with Crippen LogP contribution in [0.1, 0.15) is 0 Å². The van der Waals surface area contributed by atoms with Gasteiger partial charge in [-0.1, -0.05) is 0 Å². The molecule has 0 aliphatic rings. The van der Waals surface area contributed by atoms with Crippen LogP contribution >= 0.6 is 0 Å². The molecule has 0 radical (unpaired) electrons. The SMILES string of the molecule is COCCn1cnnc1-c1ccnn1C. The van der Waals surface area contributed by atoms with Crippen LogP contribution in [0.5, 0.6) is 0 Å². The van der Waals surface area contributed by atoms with Crippen LogP contribution in [0.25, 0.3) is 11.5 Å². The Morgan fingerprint density at radius 1 is 1.47 bits per heavy atom. The van der Waals surface area contributed by atoms with Crippen molar-refractivity contribution in [3.63, 3.8) is 0 Å². The summed E-state index contributed by atoms with van der Waals surface area (Å²) >= 11 is 0. The van der Waals surface area contributed by atoms with E-state index in [1.165, 1.54) is 0 Å². The average Bonchev–Trinajstić information content (AvgIpc) is 2.82. The molecule has 0 aliphatic carbocycles. The van der Waals surface area contributed by atoms with Crippen LogP contribution in [0.2, 0.25) is 0 Å². The monoisotopic (exact) mass is 207 g/mol. The van der Waals surface area contributed by atoms with Gasteiger partial charge in [-0.2, -0.15) is 5.10 Å². The lowest BCUT2D eigenvalue weighted by Gasteiger charge is -2.05. The zero-order chi connectivity index (χ0) is 10.7. The third kappa shape index (κ3) is 1.89. The molecule has 0 amide bonds. The molecule has 0 aliphatic heterocycles. The van der Waals surface area contributed by atoms with Crippen molar-refractivity contribution in [1.82, 2.24) is 24.5 Å². The summed E-state index contributed by atoms with van der Waals surface area (Å²) in [5.41, 5.74) is 0.948. The van der Waals surface area contributed by atoms with Gasteiger partial charge in [0.15, 0.2) is 5.82 Å². The Labute approximate surface area is 87.5 Å². The molecule has 2 rings (SSSR count). The second kappa shape index (κ2) is 4.22. The summed E-state index contributed by atoms with van der Waals surface area (Å²) in [7, 11) is 3.55. The molecule has 80 valence electrons. The highest BCUT2D eigenvalue weighted by Gasteiger charge is 2.09. The maximum absolute atomic E-state index is 5.02. The Kier molecular flexibility index (Phi) is 2.77. The van der Waals surface area contributed by atoms with Crippen molar-refractivity contribution in [2.24, 2.45) is 7.05 Å². The van der Waals surface area contributed by atoms with Gasteiger partial charge in [0.25, 0.3) is 0 Å². The Balaban J connectivity index is 2.29. The minimum absolute atomic E-state index is 0.642. The minimum Gasteiger partial charge on any atom is -0.383 e. The van der Waals surface area contributed by atoms with E-state index in [1.807, 2.05) is 17.7 Å². The van der Waals surface area contributed by atoms with Gasteiger partial charge >= 0.3 is 0 Å². The van der Waals surface area contributed by atoms with Crippen LogP contribution in [0.4, 0.5) is 0 Å². The Morgan fingerprint density at radius 3 is 3.00 bits per heavy atom. The highest BCUT2D eigenvalue weighted by atomic mass is 16.5. The predicted octanol–water partition coefficient (Wildman–Crippen LogP) is 0.325. The molecule has 2 aromatic rings. The van der Waals surface area contributed by atoms with Gasteiger partial charge in [0, 0.05) is 26.9 Å². The summed E-state index contributed by atoms with van der Waals surface area (Å²) in [6, 6.07) is 1.91. The van der Waals surface area contributed by atoms with E-state index in [1.54, 1.807) is 24.3 Å². The lowest BCUT2D eigenvalue weighted by molar-refractivity contribution is 0.187. The van der Waals surface area contributed by atoms with Crippen LogP contribution < -0.4 is 0 Å². The normalized spacial score (nSPS) is 10.8. The van der Waals surface area contributed by atoms with Gasteiger partial charge in [-0.15, -0.1) is 10.2 Å². The molecule has 6 heteroatoms. The molecule has 0 fully saturated rings. The number of aryl methyl sites for hydroxylation is 1. The van der Waals surface area contributed by atoms with Gasteiger partial charge < -0.3 is 9.30 Å². The molecular weight excluding hydrogens is 194 g/mol. The topological polar surface area (TPSA) is 57.8 Å². The highest BCUT2D eigenvalue weighted by molar-refractivity contribution is 5.48. The first kappa shape index (κ1) is 9.85. The quantitative estimate of drug-likeness (QED) is 0.724. The van der Waals surface area contributed by atoms with Crippen molar-refractivity contribution < 1.29 is 4.74 Å². The number of nitrogens with zero attached hydrogens (tertiary/aromatic N) is 5. The van der Waals surface area contributed by atoms with E-state index in [-0.39, 0.29) is 0 Å². The van der Waals surface area contributed by atoms with Crippen LogP contribution in [0.3, 0.4) is 0 Å². The van der Waals surface area contributed by atoms with Crippen LogP contribution in [-0.4, -0.2) is 38.3 Å². The van der Waals surface area contributed by atoms with Crippen molar-refractivity contribution >= 4 is 0 Å². The van der Waals surface area contributed by atoms with E-state index in [0.717, 1.165) is 18.1 Å². The van der Waals surface area contributed by atoms with Gasteiger partial charge in [-0.25, -0.2) is 0 Å². The fraction of sp³-hybridized carbons (Fsp3) is 0.444. The molecule has 2 aromatic heterocycles. The first-order chi connectivity index (χ1) is 7.33. The zero-order valence-electron chi connectivity index (χ0n) is 8.79. The molecule has 0 saturated heterocycles. The molecule has 0 spiro atoms. The summed E-state index contributed by atoms with van der Waals surface area (Å²) in [5.74, 6) is 0.812. The third-order valence-electron chi connectivity index (χ3n) is 2.20. The van der Waals surface area contributed by atoms with E-state index < -0.39 is 0 Å². The van der Waals surface area contributed by atoms with E-state index in [9.17, 15) is 0 Å². The Hall–Kier alpha value is -1.69. The maximum atomic E-state index is 5.02. The van der Waals surface area contributed by atoms with E-state index >= 15 is 0 Å². The van der Waals surface area contributed by atoms with Gasteiger partial charge in [-0.05, 0) is 6.07 Å². The molecule has 0 aromatic carbocycles. The molecule has 0 N–H and O–H groups in total. The summed E-state index contributed by atoms with van der Waals surface area (Å²) in [6.45, 7) is 1.38. The number of methoxy groups -OCH3 is 1. The number of rotatable bonds is 4. The summed E-state index contributed by atoms with van der Waals surface area (Å²) in [5, 5.41) is 12.1. The number of hydrogen-bond donors (Lipinski definition) is 0. The standard InChI is InChI=1S/C9H13N5O/c1-13-8(3-4-11-13)9-12-10-7-14(9)5-6-15-2/h3-4,7H,5-6H2,1-2H3. The Bertz CT molecular complexity index is 433. The van der Waals surface area contributed by atoms with Crippen molar-refractivity contribution in [3.8, 4) is 11.5 Å². The van der Waals surface area contributed by atoms with Crippen molar-refractivity contribution in [2.75, 3.05) is 13.7 Å². The summed E-state index contributed by atoms with van der Waals surface area (Å²) < 4.78 is 8.74. The molecule has 0 unspecified atom stereocenters. The number of ether oxygens (including phenoxy) is 1. The second-order valence-electron chi connectivity index (χ2n) is 3.18. The van der Waals surface area contributed by atoms with Crippen LogP contribution in [0, 0.1) is 0 Å². The lowest BCUT2D eigenvalue weighted by atomic mass is 10.4. The molecule has 2 heterocycles. The Morgan fingerprint density at radius 2 is 2.33 bits per heavy atom. The van der Waals surface area contributed by atoms with Crippen molar-refractivity contribution in [3.05, 3.63) is 18.6 Å². The minimum atomic E-state index is 0.642. The van der Waals surface area contributed by atoms with Gasteiger partial charge in [0.2, 0.25) is 0 Å². The average molecular weight is 207 g/mol. The number of aromatic nitrogens is 5. The summed E-state index contributed by atoms with van der Waals surface area (Å²) in [6.07, 6.45) is 3.44. The second-order valence-corrected chi connectivity index (χ2v) is 3.18. The highest BCUT2D eigenvalue weighted by Crippen LogP contribution is 2.14. The fourth-order valence-electron chi connectivity index (χ4n) is 1.40. The van der Waals surface area contributed by atoms with Crippen molar-refractivity contribution in [1.29, 1.82) is 0 Å².